The van der Waals surface area contributed by atoms with Gasteiger partial charge in [0.25, 0.3) is 11.8 Å². The van der Waals surface area contributed by atoms with E-state index in [0.29, 0.717) is 47.8 Å². The molecule has 220 valence electrons. The van der Waals surface area contributed by atoms with Crippen molar-refractivity contribution in [2.75, 3.05) is 31.1 Å². The van der Waals surface area contributed by atoms with Gasteiger partial charge in [0.2, 0.25) is 5.91 Å². The minimum atomic E-state index is -4.51. The molecule has 8 nitrogen and oxygen atoms in total. The van der Waals surface area contributed by atoms with Gasteiger partial charge in [0.15, 0.2) is 0 Å². The lowest BCUT2D eigenvalue weighted by Gasteiger charge is -2.41. The van der Waals surface area contributed by atoms with Crippen molar-refractivity contribution in [1.29, 1.82) is 0 Å². The van der Waals surface area contributed by atoms with E-state index in [2.05, 4.69) is 4.98 Å². The van der Waals surface area contributed by atoms with Crippen LogP contribution < -0.4 is 4.90 Å². The number of amides is 3. The predicted molar refractivity (Wildman–Crippen MR) is 149 cm³/mol. The van der Waals surface area contributed by atoms with Gasteiger partial charge in [0.05, 0.1) is 40.4 Å². The number of nitrogens with zero attached hydrogens (tertiary/aromatic N) is 4. The normalized spacial score (nSPS) is 20.7. The number of carbonyl (C=O) groups excluding carboxylic acids is 3. The number of aliphatic hydroxyl groups is 1. The highest BCUT2D eigenvalue weighted by Gasteiger charge is 2.42. The van der Waals surface area contributed by atoms with Gasteiger partial charge in [-0.2, -0.15) is 13.2 Å². The molecule has 42 heavy (non-hydrogen) atoms. The van der Waals surface area contributed by atoms with Gasteiger partial charge in [0, 0.05) is 37.8 Å². The van der Waals surface area contributed by atoms with Crippen molar-refractivity contribution in [3.8, 4) is 0 Å². The second-order valence-electron chi connectivity index (χ2n) is 11.0. The summed E-state index contributed by atoms with van der Waals surface area (Å²) in [5.74, 6) is -1.17. The largest absolute Gasteiger partial charge is 0.416 e. The standard InChI is InChI=1S/C30H29F3N4O4S/c31-30(32,33)21-6-1-5-20(16-21)29(41)9-13-35(14-10-29)26(38)19-4-3-12-36(17-19)23-8-2-7-22-25(23)28(40)37(27(22)39)18-24-34-11-15-42-24/h1-2,5-8,11,15-16,19,41H,3-4,9-10,12-14,17-18H2. The fourth-order valence-corrected chi connectivity index (χ4v) is 6.82. The zero-order valence-electron chi connectivity index (χ0n) is 22.6. The summed E-state index contributed by atoms with van der Waals surface area (Å²) in [6.45, 7) is 1.55. The molecule has 0 saturated carbocycles. The van der Waals surface area contributed by atoms with E-state index < -0.39 is 17.3 Å². The number of alkyl halides is 3. The smallest absolute Gasteiger partial charge is 0.385 e. The van der Waals surface area contributed by atoms with Crippen LogP contribution in [-0.4, -0.2) is 63.8 Å². The number of carbonyl (C=O) groups is 3. The van der Waals surface area contributed by atoms with Gasteiger partial charge >= 0.3 is 6.18 Å². The van der Waals surface area contributed by atoms with Crippen molar-refractivity contribution in [2.24, 2.45) is 5.92 Å². The third kappa shape index (κ3) is 5.17. The second-order valence-corrected chi connectivity index (χ2v) is 12.0. The molecular weight excluding hydrogens is 569 g/mol. The number of halogens is 3. The number of thiazole rings is 1. The fourth-order valence-electron chi connectivity index (χ4n) is 6.22. The zero-order chi connectivity index (χ0) is 29.6. The monoisotopic (exact) mass is 598 g/mol. The molecule has 2 fully saturated rings. The highest BCUT2D eigenvalue weighted by atomic mass is 32.1. The first-order valence-corrected chi connectivity index (χ1v) is 14.7. The van der Waals surface area contributed by atoms with Crippen LogP contribution in [0.25, 0.3) is 0 Å². The van der Waals surface area contributed by atoms with Crippen molar-refractivity contribution in [3.63, 3.8) is 0 Å². The molecule has 1 N–H and O–H groups in total. The van der Waals surface area contributed by atoms with E-state index in [9.17, 15) is 32.7 Å². The highest BCUT2D eigenvalue weighted by molar-refractivity contribution is 7.09. The van der Waals surface area contributed by atoms with Crippen LogP contribution in [0.3, 0.4) is 0 Å². The van der Waals surface area contributed by atoms with Gasteiger partial charge in [0.1, 0.15) is 5.01 Å². The van der Waals surface area contributed by atoms with E-state index in [1.807, 2.05) is 4.90 Å². The first kappa shape index (κ1) is 28.4. The molecule has 4 heterocycles. The van der Waals surface area contributed by atoms with Gasteiger partial charge in [-0.3, -0.25) is 19.3 Å². The molecular formula is C30H29F3N4O4S. The Morgan fingerprint density at radius 3 is 2.55 bits per heavy atom. The fraction of sp³-hybridized carbons (Fsp3) is 0.400. The Morgan fingerprint density at radius 2 is 1.83 bits per heavy atom. The van der Waals surface area contributed by atoms with Crippen LogP contribution in [0.15, 0.2) is 54.0 Å². The van der Waals surface area contributed by atoms with E-state index >= 15 is 0 Å². The first-order valence-electron chi connectivity index (χ1n) is 13.9. The van der Waals surface area contributed by atoms with Gasteiger partial charge in [-0.1, -0.05) is 18.2 Å². The number of hydrogen-bond donors (Lipinski definition) is 1. The minimum Gasteiger partial charge on any atom is -0.385 e. The topological polar surface area (TPSA) is 94.1 Å². The van der Waals surface area contributed by atoms with Gasteiger partial charge in [-0.05, 0) is 55.5 Å². The molecule has 3 aliphatic rings. The maximum absolute atomic E-state index is 13.6. The predicted octanol–water partition coefficient (Wildman–Crippen LogP) is 4.68. The SMILES string of the molecule is O=C(C1CCCN(c2cccc3c2C(=O)N(Cc2nccs2)C3=O)C1)N1CCC(O)(c2cccc(C(F)(F)F)c2)CC1. The second kappa shape index (κ2) is 10.8. The van der Waals surface area contributed by atoms with Crippen LogP contribution in [-0.2, 0) is 23.1 Å². The number of fused-ring (bicyclic) bond motifs is 1. The van der Waals surface area contributed by atoms with Gasteiger partial charge in [-0.25, -0.2) is 4.98 Å². The summed E-state index contributed by atoms with van der Waals surface area (Å²) in [4.78, 5) is 49.2. The lowest BCUT2D eigenvalue weighted by molar-refractivity contribution is -0.140. The third-order valence-electron chi connectivity index (χ3n) is 8.49. The summed E-state index contributed by atoms with van der Waals surface area (Å²) >= 11 is 1.37. The molecule has 3 aromatic rings. The molecule has 3 aliphatic heterocycles. The van der Waals surface area contributed by atoms with Crippen LogP contribution in [0.1, 0.15) is 62.5 Å². The maximum atomic E-state index is 13.6. The Hall–Kier alpha value is -3.77. The quantitative estimate of drug-likeness (QED) is 0.429. The summed E-state index contributed by atoms with van der Waals surface area (Å²) in [7, 11) is 0. The molecule has 12 heteroatoms. The molecule has 2 aromatic carbocycles. The van der Waals surface area contributed by atoms with E-state index in [0.717, 1.165) is 12.1 Å². The van der Waals surface area contributed by atoms with Crippen molar-refractivity contribution in [2.45, 2.75) is 44.0 Å². The summed E-state index contributed by atoms with van der Waals surface area (Å²) in [5, 5.41) is 13.6. The average Bonchev–Trinajstić information content (AvgIpc) is 3.60. The molecule has 0 spiro atoms. The number of likely N-dealkylation sites (tertiary alicyclic amines) is 1. The van der Waals surface area contributed by atoms with E-state index in [1.54, 1.807) is 34.7 Å². The molecule has 1 unspecified atom stereocenters. The zero-order valence-corrected chi connectivity index (χ0v) is 23.5. The van der Waals surface area contributed by atoms with E-state index in [-0.39, 0.29) is 61.7 Å². The van der Waals surface area contributed by atoms with E-state index in [4.69, 9.17) is 0 Å². The number of aromatic nitrogens is 1. The van der Waals surface area contributed by atoms with Crippen molar-refractivity contribution >= 4 is 34.7 Å². The molecule has 1 atom stereocenters. The summed E-state index contributed by atoms with van der Waals surface area (Å²) in [6, 6.07) is 9.95. The van der Waals surface area contributed by atoms with Crippen LogP contribution in [0.2, 0.25) is 0 Å². The van der Waals surface area contributed by atoms with Crippen molar-refractivity contribution in [3.05, 3.63) is 81.3 Å². The van der Waals surface area contributed by atoms with Crippen molar-refractivity contribution in [1.82, 2.24) is 14.8 Å². The average molecular weight is 599 g/mol. The molecule has 0 aliphatic carbocycles. The lowest BCUT2D eigenvalue weighted by Crippen LogP contribution is -2.50. The number of rotatable bonds is 5. The van der Waals surface area contributed by atoms with Crippen LogP contribution in [0.4, 0.5) is 18.9 Å². The maximum Gasteiger partial charge on any atom is 0.416 e. The van der Waals surface area contributed by atoms with Crippen molar-refractivity contribution < 1.29 is 32.7 Å². The third-order valence-corrected chi connectivity index (χ3v) is 9.26. The number of benzene rings is 2. The first-order chi connectivity index (χ1) is 20.0. The number of imide groups is 1. The Labute approximate surface area is 244 Å². The summed E-state index contributed by atoms with van der Waals surface area (Å²) in [5.41, 5.74) is -0.743. The number of anilines is 1. The van der Waals surface area contributed by atoms with Crippen LogP contribution in [0, 0.1) is 5.92 Å². The molecule has 0 bridgehead atoms. The van der Waals surface area contributed by atoms with E-state index in [1.165, 1.54) is 28.4 Å². The number of piperidine rings is 2. The Balaban J connectivity index is 1.14. The van der Waals surface area contributed by atoms with Crippen LogP contribution in [0.5, 0.6) is 0 Å². The Kier molecular flexibility index (Phi) is 7.30. The highest BCUT2D eigenvalue weighted by Crippen LogP contribution is 2.38. The van der Waals surface area contributed by atoms with Gasteiger partial charge in [-0.15, -0.1) is 11.3 Å². The molecule has 2 saturated heterocycles. The Morgan fingerprint density at radius 1 is 1.07 bits per heavy atom. The lowest BCUT2D eigenvalue weighted by atomic mass is 9.83. The number of hydrogen-bond acceptors (Lipinski definition) is 7. The van der Waals surface area contributed by atoms with Gasteiger partial charge < -0.3 is 14.9 Å². The minimum absolute atomic E-state index is 0.0776. The molecule has 0 radical (unpaired) electrons. The molecule has 1 aromatic heterocycles. The molecule has 3 amide bonds. The molecule has 6 rings (SSSR count). The van der Waals surface area contributed by atoms with Crippen LogP contribution >= 0.6 is 11.3 Å². The summed E-state index contributed by atoms with van der Waals surface area (Å²) < 4.78 is 39.7. The Bertz CT molecular complexity index is 1520. The summed E-state index contributed by atoms with van der Waals surface area (Å²) in [6.07, 6.45) is -1.24.